The number of amidine groups is 1. The summed E-state index contributed by atoms with van der Waals surface area (Å²) in [6.07, 6.45) is 0. The summed E-state index contributed by atoms with van der Waals surface area (Å²) in [5.41, 5.74) is 0.368. The van der Waals surface area contributed by atoms with Gasteiger partial charge in [-0.05, 0) is 12.1 Å². The number of nitrogens with one attached hydrogen (secondary N) is 1. The molecule has 1 aromatic carbocycles. The molecule has 0 unspecified atom stereocenters. The minimum atomic E-state index is -0.622. The molecule has 15 heavy (non-hydrogen) atoms. The third-order valence-corrected chi connectivity index (χ3v) is 2.12. The number of nitro groups is 1. The fourth-order valence-electron chi connectivity index (χ4n) is 1.42. The van der Waals surface area contributed by atoms with Gasteiger partial charge >= 0.3 is 5.69 Å². The second-order valence-corrected chi connectivity index (χ2v) is 3.12. The van der Waals surface area contributed by atoms with Crippen LogP contribution < -0.4 is 5.32 Å². The molecule has 6 heteroatoms. The zero-order chi connectivity index (χ0) is 10.8. The molecule has 0 saturated heterocycles. The molecule has 78 valence electrons. The van der Waals surface area contributed by atoms with E-state index in [4.69, 9.17) is 0 Å². The van der Waals surface area contributed by atoms with Crippen molar-refractivity contribution < 1.29 is 10.0 Å². The van der Waals surface area contributed by atoms with Crippen molar-refractivity contribution in [1.82, 2.24) is 5.32 Å². The zero-order valence-electron chi connectivity index (χ0n) is 7.80. The van der Waals surface area contributed by atoms with Crippen molar-refractivity contribution in [3.63, 3.8) is 0 Å². The topological polar surface area (TPSA) is 87.8 Å². The van der Waals surface area contributed by atoms with Crippen LogP contribution in [0.2, 0.25) is 0 Å². The first-order chi connectivity index (χ1) is 7.18. The molecule has 1 aromatic rings. The Bertz CT molecular complexity index is 442. The Labute approximate surface area is 85.4 Å². The maximum absolute atomic E-state index is 10.5. The predicted molar refractivity (Wildman–Crippen MR) is 54.2 cm³/mol. The first kappa shape index (κ1) is 9.45. The van der Waals surface area contributed by atoms with E-state index in [9.17, 15) is 15.2 Å². The second kappa shape index (κ2) is 3.56. The van der Waals surface area contributed by atoms with E-state index in [1.54, 1.807) is 6.07 Å². The van der Waals surface area contributed by atoms with Gasteiger partial charge in [0, 0.05) is 18.2 Å². The van der Waals surface area contributed by atoms with Crippen molar-refractivity contribution in [2.45, 2.75) is 0 Å². The van der Waals surface area contributed by atoms with Gasteiger partial charge in [0.1, 0.15) is 5.84 Å². The monoisotopic (exact) mass is 207 g/mol. The number of phenols is 1. The minimum Gasteiger partial charge on any atom is -0.502 e. The van der Waals surface area contributed by atoms with Gasteiger partial charge in [-0.25, -0.2) is 0 Å². The normalized spacial score (nSPS) is 14.5. The molecule has 1 heterocycles. The lowest BCUT2D eigenvalue weighted by atomic mass is 10.1. The minimum absolute atomic E-state index is 0.294. The molecule has 2 rings (SSSR count). The molecule has 0 atom stereocenters. The van der Waals surface area contributed by atoms with Gasteiger partial charge in [-0.1, -0.05) is 0 Å². The molecule has 2 N–H and O–H groups in total. The van der Waals surface area contributed by atoms with E-state index in [1.807, 2.05) is 0 Å². The molecule has 1 aliphatic heterocycles. The third kappa shape index (κ3) is 1.74. The number of aliphatic imine (C=N–C) groups is 1. The van der Waals surface area contributed by atoms with Crippen LogP contribution in [0.3, 0.4) is 0 Å². The lowest BCUT2D eigenvalue weighted by Crippen LogP contribution is -2.19. The average Bonchev–Trinajstić information content (AvgIpc) is 2.69. The van der Waals surface area contributed by atoms with Gasteiger partial charge in [-0.2, -0.15) is 0 Å². The fraction of sp³-hybridized carbons (Fsp3) is 0.222. The van der Waals surface area contributed by atoms with E-state index in [1.165, 1.54) is 12.1 Å². The zero-order valence-corrected chi connectivity index (χ0v) is 7.80. The number of hydrogen-bond acceptors (Lipinski definition) is 5. The Hall–Kier alpha value is -2.11. The average molecular weight is 207 g/mol. The first-order valence-electron chi connectivity index (χ1n) is 4.44. The summed E-state index contributed by atoms with van der Waals surface area (Å²) < 4.78 is 0. The maximum atomic E-state index is 10.5. The van der Waals surface area contributed by atoms with E-state index >= 15 is 0 Å². The fourth-order valence-corrected chi connectivity index (χ4v) is 1.42. The number of rotatable bonds is 2. The lowest BCUT2D eigenvalue weighted by Gasteiger charge is -2.02. The van der Waals surface area contributed by atoms with Crippen molar-refractivity contribution in [3.05, 3.63) is 33.9 Å². The van der Waals surface area contributed by atoms with Gasteiger partial charge in [0.05, 0.1) is 11.5 Å². The smallest absolute Gasteiger partial charge is 0.310 e. The standard InChI is InChI=1S/C9H9N3O3/c13-8-5-6(9-10-3-4-11-9)1-2-7(8)12(14)15/h1-2,5,13H,3-4H2,(H,10,11). The highest BCUT2D eigenvalue weighted by Crippen LogP contribution is 2.26. The van der Waals surface area contributed by atoms with Crippen LogP contribution in [-0.4, -0.2) is 29.0 Å². The van der Waals surface area contributed by atoms with Gasteiger partial charge in [0.25, 0.3) is 0 Å². The van der Waals surface area contributed by atoms with Crippen molar-refractivity contribution in [1.29, 1.82) is 0 Å². The van der Waals surface area contributed by atoms with Crippen LogP contribution in [0.25, 0.3) is 0 Å². The highest BCUT2D eigenvalue weighted by molar-refractivity contribution is 6.00. The summed E-state index contributed by atoms with van der Waals surface area (Å²) in [5, 5.41) is 22.9. The van der Waals surface area contributed by atoms with Crippen LogP contribution in [0, 0.1) is 10.1 Å². The summed E-state index contributed by atoms with van der Waals surface area (Å²) in [7, 11) is 0. The van der Waals surface area contributed by atoms with Gasteiger partial charge in [0.15, 0.2) is 5.75 Å². The Morgan fingerprint density at radius 2 is 2.33 bits per heavy atom. The molecule has 0 aliphatic carbocycles. The van der Waals surface area contributed by atoms with E-state index in [0.29, 0.717) is 17.9 Å². The Balaban J connectivity index is 2.37. The van der Waals surface area contributed by atoms with Crippen LogP contribution in [0.4, 0.5) is 5.69 Å². The Morgan fingerprint density at radius 3 is 2.87 bits per heavy atom. The van der Waals surface area contributed by atoms with Crippen LogP contribution >= 0.6 is 0 Å². The van der Waals surface area contributed by atoms with Crippen molar-refractivity contribution in [3.8, 4) is 5.75 Å². The number of nitrogens with zero attached hydrogens (tertiary/aromatic N) is 2. The van der Waals surface area contributed by atoms with E-state index in [2.05, 4.69) is 10.3 Å². The van der Waals surface area contributed by atoms with Gasteiger partial charge in [0.2, 0.25) is 0 Å². The van der Waals surface area contributed by atoms with Crippen LogP contribution in [0.5, 0.6) is 5.75 Å². The van der Waals surface area contributed by atoms with Crippen molar-refractivity contribution in [2.24, 2.45) is 4.99 Å². The summed E-state index contributed by atoms with van der Waals surface area (Å²) in [6, 6.07) is 4.18. The number of hydrogen-bond donors (Lipinski definition) is 2. The molecule has 0 fully saturated rings. The Morgan fingerprint density at radius 1 is 1.53 bits per heavy atom. The summed E-state index contributed by atoms with van der Waals surface area (Å²) in [6.45, 7) is 1.44. The molecule has 1 aliphatic rings. The van der Waals surface area contributed by atoms with Crippen LogP contribution in [0.1, 0.15) is 5.56 Å². The summed E-state index contributed by atoms with van der Waals surface area (Å²) >= 11 is 0. The molecular formula is C9H9N3O3. The van der Waals surface area contributed by atoms with E-state index in [0.717, 1.165) is 6.54 Å². The quantitative estimate of drug-likeness (QED) is 0.550. The second-order valence-electron chi connectivity index (χ2n) is 3.12. The highest BCUT2D eigenvalue weighted by atomic mass is 16.6. The lowest BCUT2D eigenvalue weighted by molar-refractivity contribution is -0.385. The summed E-state index contributed by atoms with van der Waals surface area (Å²) in [4.78, 5) is 14.0. The van der Waals surface area contributed by atoms with Crippen LogP contribution in [0.15, 0.2) is 23.2 Å². The maximum Gasteiger partial charge on any atom is 0.310 e. The summed E-state index contributed by atoms with van der Waals surface area (Å²) in [5.74, 6) is 0.328. The number of benzene rings is 1. The van der Waals surface area contributed by atoms with E-state index < -0.39 is 4.92 Å². The van der Waals surface area contributed by atoms with Crippen molar-refractivity contribution >= 4 is 11.5 Å². The largest absolute Gasteiger partial charge is 0.502 e. The van der Waals surface area contributed by atoms with Gasteiger partial charge in [-0.3, -0.25) is 15.1 Å². The molecule has 6 nitrogen and oxygen atoms in total. The number of phenolic OH excluding ortho intramolecular Hbond substituents is 1. The highest BCUT2D eigenvalue weighted by Gasteiger charge is 2.16. The number of aromatic hydroxyl groups is 1. The van der Waals surface area contributed by atoms with Crippen molar-refractivity contribution in [2.75, 3.05) is 13.1 Å². The molecule has 0 radical (unpaired) electrons. The molecule has 0 spiro atoms. The molecule has 0 bridgehead atoms. The molecule has 0 saturated carbocycles. The SMILES string of the molecule is O=[N+]([O-])c1ccc(C2=NCCN2)cc1O. The van der Waals surface area contributed by atoms with Gasteiger partial charge in [-0.15, -0.1) is 0 Å². The van der Waals surface area contributed by atoms with Gasteiger partial charge < -0.3 is 10.4 Å². The molecular weight excluding hydrogens is 198 g/mol. The molecule has 0 amide bonds. The van der Waals surface area contributed by atoms with E-state index in [-0.39, 0.29) is 11.4 Å². The first-order valence-corrected chi connectivity index (χ1v) is 4.44. The van der Waals surface area contributed by atoms with Crippen LogP contribution in [-0.2, 0) is 0 Å². The third-order valence-electron chi connectivity index (χ3n) is 2.12. The predicted octanol–water partition coefficient (Wildman–Crippen LogP) is 0.650. The number of nitro benzene ring substituents is 1. The molecule has 0 aromatic heterocycles. The Kier molecular flexibility index (Phi) is 2.24.